The molecule has 2 aromatic carbocycles. The summed E-state index contributed by atoms with van der Waals surface area (Å²) < 4.78 is 3.31. The van der Waals surface area contributed by atoms with Crippen molar-refractivity contribution in [2.45, 2.75) is 20.8 Å². The highest BCUT2D eigenvalue weighted by atomic mass is 79.9. The number of aromatic nitrogens is 1. The van der Waals surface area contributed by atoms with Crippen molar-refractivity contribution in [3.8, 4) is 5.69 Å². The molecule has 0 bridgehead atoms. The summed E-state index contributed by atoms with van der Waals surface area (Å²) >= 11 is 9.55. The van der Waals surface area contributed by atoms with E-state index < -0.39 is 0 Å². The third-order valence-corrected chi connectivity index (χ3v) is 4.83. The van der Waals surface area contributed by atoms with E-state index in [9.17, 15) is 0 Å². The Morgan fingerprint density at radius 1 is 1.00 bits per heavy atom. The van der Waals surface area contributed by atoms with Crippen LogP contribution >= 0.6 is 27.5 Å². The zero-order valence-corrected chi connectivity index (χ0v) is 16.2. The topological polar surface area (TPSA) is 17.3 Å². The number of nitrogens with zero attached hydrogens (tertiary/aromatic N) is 2. The molecule has 0 N–H and O–H groups in total. The number of hydrogen-bond acceptors (Lipinski definition) is 1. The lowest BCUT2D eigenvalue weighted by Gasteiger charge is -2.09. The molecule has 0 spiro atoms. The quantitative estimate of drug-likeness (QED) is 0.442. The van der Waals surface area contributed by atoms with Gasteiger partial charge in [0, 0.05) is 38.3 Å². The van der Waals surface area contributed by atoms with Crippen LogP contribution in [0.1, 0.15) is 22.5 Å². The van der Waals surface area contributed by atoms with Gasteiger partial charge in [-0.3, -0.25) is 4.99 Å². The first-order valence-corrected chi connectivity index (χ1v) is 8.88. The predicted molar refractivity (Wildman–Crippen MR) is 106 cm³/mol. The summed E-state index contributed by atoms with van der Waals surface area (Å²) in [5.41, 5.74) is 6.60. The molecule has 0 aliphatic rings. The smallest absolute Gasteiger partial charge is 0.0673 e. The molecule has 24 heavy (non-hydrogen) atoms. The Morgan fingerprint density at radius 3 is 2.42 bits per heavy atom. The van der Waals surface area contributed by atoms with Gasteiger partial charge < -0.3 is 4.57 Å². The van der Waals surface area contributed by atoms with E-state index in [1.165, 1.54) is 11.4 Å². The second-order valence-electron chi connectivity index (χ2n) is 5.83. The molecule has 4 heteroatoms. The van der Waals surface area contributed by atoms with E-state index in [0.717, 1.165) is 27.0 Å². The Labute approximate surface area is 155 Å². The van der Waals surface area contributed by atoms with E-state index in [1.807, 2.05) is 31.3 Å². The van der Waals surface area contributed by atoms with Gasteiger partial charge in [-0.25, -0.2) is 0 Å². The van der Waals surface area contributed by atoms with Crippen molar-refractivity contribution in [3.05, 3.63) is 80.5 Å². The maximum absolute atomic E-state index is 6.07. The van der Waals surface area contributed by atoms with Crippen molar-refractivity contribution in [2.75, 3.05) is 0 Å². The second-order valence-corrected chi connectivity index (χ2v) is 7.18. The van der Waals surface area contributed by atoms with Gasteiger partial charge in [-0.15, -0.1) is 0 Å². The van der Waals surface area contributed by atoms with Crippen LogP contribution in [0.5, 0.6) is 0 Å². The highest BCUT2D eigenvalue weighted by Crippen LogP contribution is 2.25. The van der Waals surface area contributed by atoms with Crippen LogP contribution in [0.4, 0.5) is 5.69 Å². The second kappa shape index (κ2) is 6.96. The molecular formula is C20H18BrClN2. The average Bonchev–Trinajstić information content (AvgIpc) is 2.83. The van der Waals surface area contributed by atoms with E-state index in [4.69, 9.17) is 11.6 Å². The van der Waals surface area contributed by atoms with E-state index in [-0.39, 0.29) is 0 Å². The minimum Gasteiger partial charge on any atom is -0.318 e. The molecule has 0 saturated heterocycles. The van der Waals surface area contributed by atoms with Crippen LogP contribution in [0.25, 0.3) is 5.69 Å². The van der Waals surface area contributed by atoms with E-state index in [2.05, 4.69) is 69.7 Å². The molecule has 1 heterocycles. The first kappa shape index (κ1) is 17.0. The van der Waals surface area contributed by atoms with Gasteiger partial charge in [0.05, 0.1) is 5.69 Å². The molecule has 0 aliphatic carbocycles. The molecule has 0 fully saturated rings. The fourth-order valence-corrected chi connectivity index (χ4v) is 3.20. The Morgan fingerprint density at radius 2 is 1.71 bits per heavy atom. The third-order valence-electron chi connectivity index (χ3n) is 4.07. The summed E-state index contributed by atoms with van der Waals surface area (Å²) in [4.78, 5) is 4.63. The molecule has 0 amide bonds. The van der Waals surface area contributed by atoms with Gasteiger partial charge in [-0.05, 0) is 68.8 Å². The molecule has 0 atom stereocenters. The Kier molecular flexibility index (Phi) is 4.93. The number of hydrogen-bond donors (Lipinski definition) is 0. The van der Waals surface area contributed by atoms with Gasteiger partial charge in [-0.1, -0.05) is 33.6 Å². The Balaban J connectivity index is 1.98. The largest absolute Gasteiger partial charge is 0.318 e. The molecule has 0 saturated carbocycles. The predicted octanol–water partition coefficient (Wildman–Crippen LogP) is 6.57. The lowest BCUT2D eigenvalue weighted by atomic mass is 10.2. The minimum absolute atomic E-state index is 0.702. The maximum Gasteiger partial charge on any atom is 0.0673 e. The Bertz CT molecular complexity index is 908. The Hall–Kier alpha value is -1.84. The van der Waals surface area contributed by atoms with Crippen LogP contribution < -0.4 is 0 Å². The summed E-state index contributed by atoms with van der Waals surface area (Å²) in [6.07, 6.45) is 1.91. The molecule has 3 aromatic rings. The van der Waals surface area contributed by atoms with Gasteiger partial charge in [0.2, 0.25) is 0 Å². The number of rotatable bonds is 3. The molecule has 1 aromatic heterocycles. The van der Waals surface area contributed by atoms with Crippen molar-refractivity contribution in [2.24, 2.45) is 4.99 Å². The molecule has 0 aliphatic heterocycles. The normalized spacial score (nSPS) is 11.4. The molecular weight excluding hydrogens is 384 g/mol. The SMILES string of the molecule is Cc1ccc(Cl)cc1N=Cc1cc(C)n(-c2ccc(Br)cc2)c1C. The van der Waals surface area contributed by atoms with Crippen molar-refractivity contribution in [1.29, 1.82) is 0 Å². The zero-order valence-electron chi connectivity index (χ0n) is 13.8. The number of aryl methyl sites for hydroxylation is 2. The van der Waals surface area contributed by atoms with Gasteiger partial charge in [0.15, 0.2) is 0 Å². The van der Waals surface area contributed by atoms with Crippen molar-refractivity contribution in [3.63, 3.8) is 0 Å². The van der Waals surface area contributed by atoms with Crippen LogP contribution in [-0.4, -0.2) is 10.8 Å². The maximum atomic E-state index is 6.07. The third kappa shape index (κ3) is 3.47. The number of aliphatic imine (C=N–C) groups is 1. The summed E-state index contributed by atoms with van der Waals surface area (Å²) in [6, 6.07) is 16.2. The molecule has 122 valence electrons. The van der Waals surface area contributed by atoms with Crippen molar-refractivity contribution >= 4 is 39.4 Å². The van der Waals surface area contributed by atoms with Crippen LogP contribution in [0.2, 0.25) is 5.02 Å². The van der Waals surface area contributed by atoms with E-state index in [1.54, 1.807) is 0 Å². The van der Waals surface area contributed by atoms with Crippen molar-refractivity contribution < 1.29 is 0 Å². The summed E-state index contributed by atoms with van der Waals surface area (Å²) in [5.74, 6) is 0. The van der Waals surface area contributed by atoms with Crippen LogP contribution in [0, 0.1) is 20.8 Å². The number of benzene rings is 2. The van der Waals surface area contributed by atoms with Gasteiger partial charge in [0.25, 0.3) is 0 Å². The molecule has 0 unspecified atom stereocenters. The van der Waals surface area contributed by atoms with Crippen molar-refractivity contribution in [1.82, 2.24) is 4.57 Å². The van der Waals surface area contributed by atoms with E-state index >= 15 is 0 Å². The standard InChI is InChI=1S/C20H18BrClN2/c1-13-4-7-18(22)11-20(13)23-12-16-10-14(2)24(15(16)3)19-8-5-17(21)6-9-19/h4-12H,1-3H3. The van der Waals surface area contributed by atoms with Crippen LogP contribution in [0.15, 0.2) is 58.0 Å². The fraction of sp³-hybridized carbons (Fsp3) is 0.150. The highest BCUT2D eigenvalue weighted by Gasteiger charge is 2.09. The monoisotopic (exact) mass is 400 g/mol. The molecule has 0 radical (unpaired) electrons. The lowest BCUT2D eigenvalue weighted by Crippen LogP contribution is -1.99. The summed E-state index contributed by atoms with van der Waals surface area (Å²) in [5, 5.41) is 0.702. The van der Waals surface area contributed by atoms with Gasteiger partial charge >= 0.3 is 0 Å². The lowest BCUT2D eigenvalue weighted by molar-refractivity contribution is 0.964. The zero-order chi connectivity index (χ0) is 17.3. The summed E-state index contributed by atoms with van der Waals surface area (Å²) in [7, 11) is 0. The highest BCUT2D eigenvalue weighted by molar-refractivity contribution is 9.10. The molecule has 3 rings (SSSR count). The first-order valence-electron chi connectivity index (χ1n) is 7.71. The van der Waals surface area contributed by atoms with E-state index in [0.29, 0.717) is 5.02 Å². The first-order chi connectivity index (χ1) is 11.5. The fourth-order valence-electron chi connectivity index (χ4n) is 2.77. The molecule has 2 nitrogen and oxygen atoms in total. The minimum atomic E-state index is 0.702. The average molecular weight is 402 g/mol. The van der Waals surface area contributed by atoms with Crippen LogP contribution in [-0.2, 0) is 0 Å². The van der Waals surface area contributed by atoms with Crippen LogP contribution in [0.3, 0.4) is 0 Å². The summed E-state index contributed by atoms with van der Waals surface area (Å²) in [6.45, 7) is 6.26. The van der Waals surface area contributed by atoms with Gasteiger partial charge in [0.1, 0.15) is 0 Å². The number of halogens is 2. The van der Waals surface area contributed by atoms with Gasteiger partial charge in [-0.2, -0.15) is 0 Å².